The van der Waals surface area contributed by atoms with E-state index in [1.807, 2.05) is 5.40 Å². The van der Waals surface area contributed by atoms with Gasteiger partial charge in [0.25, 0.3) is 0 Å². The monoisotopic (exact) mass is 229 g/mol. The van der Waals surface area contributed by atoms with Crippen molar-refractivity contribution in [3.05, 3.63) is 24.3 Å². The first-order valence-corrected chi connectivity index (χ1v) is 5.17. The molecular weight excluding hydrogens is 215 g/mol. The molecule has 61 valence electrons. The molecule has 0 aliphatic heterocycles. The zero-order chi connectivity index (χ0) is 7.66. The van der Waals surface area contributed by atoms with Crippen molar-refractivity contribution in [2.24, 2.45) is 0 Å². The first-order chi connectivity index (χ1) is 5.00. The molecule has 0 saturated heterocycles. The summed E-state index contributed by atoms with van der Waals surface area (Å²) in [6.07, 6.45) is 14.0. The van der Waals surface area contributed by atoms with Crippen LogP contribution < -0.4 is 0 Å². The van der Waals surface area contributed by atoms with Gasteiger partial charge in [-0.25, -0.2) is 0 Å². The minimum absolute atomic E-state index is 1.23. The third-order valence-corrected chi connectivity index (χ3v) is 1.33. The van der Waals surface area contributed by atoms with Crippen molar-refractivity contribution in [2.45, 2.75) is 31.1 Å². The molecule has 1 rings (SSSR count). The summed E-state index contributed by atoms with van der Waals surface area (Å²) in [5.74, 6) is 0. The Labute approximate surface area is 74.8 Å². The molecule has 0 saturated carbocycles. The van der Waals surface area contributed by atoms with Gasteiger partial charge < -0.3 is 0 Å². The van der Waals surface area contributed by atoms with E-state index in [1.165, 1.54) is 25.7 Å². The first kappa shape index (κ1) is 10.1. The summed E-state index contributed by atoms with van der Waals surface area (Å²) in [5.41, 5.74) is 0. The van der Waals surface area contributed by atoms with Gasteiger partial charge in [0, 0.05) is 0 Å². The van der Waals surface area contributed by atoms with Gasteiger partial charge in [-0.3, -0.25) is 0 Å². The van der Waals surface area contributed by atoms with E-state index in [4.69, 9.17) is 0 Å². The van der Waals surface area contributed by atoms with Crippen LogP contribution in [0.25, 0.3) is 0 Å². The molecule has 0 N–H and O–H groups in total. The van der Waals surface area contributed by atoms with Crippen LogP contribution in [0, 0.1) is 0 Å². The van der Waals surface area contributed by atoms with E-state index in [0.29, 0.717) is 0 Å². The van der Waals surface area contributed by atoms with E-state index >= 15 is 0 Å². The molecule has 0 fully saturated rings. The quantitative estimate of drug-likeness (QED) is 0.442. The zero-order valence-corrected chi connectivity index (χ0v) is 8.01. The summed E-state index contributed by atoms with van der Waals surface area (Å²) in [7, 11) is 0. The summed E-state index contributed by atoms with van der Waals surface area (Å²) in [6.45, 7) is 0. The average Bonchev–Trinajstić information content (AvgIpc) is 1.90. The minimum atomic E-state index is 1.23. The van der Waals surface area contributed by atoms with Crippen LogP contribution in [-0.2, 0) is 19.2 Å². The Balaban J connectivity index is 0.000000371. The third-order valence-electron chi connectivity index (χ3n) is 1.33. The van der Waals surface area contributed by atoms with Gasteiger partial charge in [0.1, 0.15) is 0 Å². The third kappa shape index (κ3) is 6.27. The van der Waals surface area contributed by atoms with Gasteiger partial charge >= 0.3 is 24.6 Å². The number of rotatable bonds is 0. The van der Waals surface area contributed by atoms with Crippen LogP contribution in [0.2, 0.25) is 5.40 Å². The Morgan fingerprint density at radius 1 is 0.700 bits per heavy atom. The van der Waals surface area contributed by atoms with Crippen LogP contribution in [0.5, 0.6) is 0 Å². The predicted octanol–water partition coefficient (Wildman–Crippen LogP) is 3.25. The molecule has 0 aromatic heterocycles. The Kier molecular flexibility index (Phi) is 9.27. The Morgan fingerprint density at radius 2 is 0.900 bits per heavy atom. The Morgan fingerprint density at radius 3 is 1.10 bits per heavy atom. The first-order valence-electron chi connectivity index (χ1n) is 3.62. The van der Waals surface area contributed by atoms with Gasteiger partial charge in [0.15, 0.2) is 0 Å². The summed E-state index contributed by atoms with van der Waals surface area (Å²) >= 11 is 2.75. The average molecular weight is 230 g/mol. The molecule has 0 aromatic carbocycles. The van der Waals surface area contributed by atoms with Crippen molar-refractivity contribution < 1.29 is 19.2 Å². The molecule has 0 nitrogen and oxygen atoms in total. The molecule has 1 aliphatic carbocycles. The van der Waals surface area contributed by atoms with Gasteiger partial charge in [0.05, 0.1) is 0 Å². The van der Waals surface area contributed by atoms with Crippen molar-refractivity contribution >= 4 is 0 Å². The second kappa shape index (κ2) is 9.14. The molecular formula is C9H15Pd. The van der Waals surface area contributed by atoms with Crippen LogP contribution in [-0.4, -0.2) is 0 Å². The van der Waals surface area contributed by atoms with E-state index in [2.05, 4.69) is 43.5 Å². The van der Waals surface area contributed by atoms with Crippen LogP contribution >= 0.6 is 0 Å². The van der Waals surface area contributed by atoms with Gasteiger partial charge in [-0.05, 0) is 25.7 Å². The van der Waals surface area contributed by atoms with Crippen molar-refractivity contribution in [1.82, 2.24) is 0 Å². The van der Waals surface area contributed by atoms with E-state index in [1.54, 1.807) is 0 Å². The molecule has 0 spiro atoms. The van der Waals surface area contributed by atoms with Crippen molar-refractivity contribution in [3.63, 3.8) is 0 Å². The molecule has 0 aromatic rings. The van der Waals surface area contributed by atoms with Gasteiger partial charge in [0.2, 0.25) is 0 Å². The van der Waals surface area contributed by atoms with Crippen LogP contribution in [0.1, 0.15) is 25.7 Å². The molecule has 10 heavy (non-hydrogen) atoms. The summed E-state index contributed by atoms with van der Waals surface area (Å²) < 4.78 is 0. The maximum absolute atomic E-state index is 2.75. The van der Waals surface area contributed by atoms with Crippen molar-refractivity contribution in [1.29, 1.82) is 0 Å². The van der Waals surface area contributed by atoms with Crippen LogP contribution in [0.15, 0.2) is 24.3 Å². The zero-order valence-electron chi connectivity index (χ0n) is 6.45. The van der Waals surface area contributed by atoms with Crippen LogP contribution in [0.4, 0.5) is 0 Å². The maximum atomic E-state index is 2.75. The number of hydrogen-bond donors (Lipinski definition) is 0. The molecule has 0 unspecified atom stereocenters. The fourth-order valence-corrected chi connectivity index (χ4v) is 0.856. The summed E-state index contributed by atoms with van der Waals surface area (Å²) in [4.78, 5) is 0. The Bertz CT molecular complexity index is 77.3. The number of hydrogen-bond acceptors (Lipinski definition) is 0. The van der Waals surface area contributed by atoms with Gasteiger partial charge in [-0.1, -0.05) is 24.3 Å². The Hall–Kier alpha value is 0.142. The predicted molar refractivity (Wildman–Crippen MR) is 42.6 cm³/mol. The normalized spacial score (nSPS) is 16.7. The second-order valence-corrected chi connectivity index (χ2v) is 2.10. The SMILES string of the molecule is C1=CCCC=CCC1.[CH3][Pd]. The van der Waals surface area contributed by atoms with E-state index in [9.17, 15) is 0 Å². The topological polar surface area (TPSA) is 0 Å². The van der Waals surface area contributed by atoms with Gasteiger partial charge in [-0.15, -0.1) is 0 Å². The fraction of sp³-hybridized carbons (Fsp3) is 0.556. The van der Waals surface area contributed by atoms with Crippen molar-refractivity contribution in [3.8, 4) is 0 Å². The number of allylic oxidation sites excluding steroid dienone is 4. The fourth-order valence-electron chi connectivity index (χ4n) is 0.856. The second-order valence-electron chi connectivity index (χ2n) is 2.10. The molecule has 0 heterocycles. The van der Waals surface area contributed by atoms with Crippen molar-refractivity contribution in [2.75, 3.05) is 0 Å². The molecule has 0 radical (unpaired) electrons. The van der Waals surface area contributed by atoms with E-state index in [-0.39, 0.29) is 0 Å². The summed E-state index contributed by atoms with van der Waals surface area (Å²) in [5, 5.41) is 1.85. The molecule has 0 bridgehead atoms. The van der Waals surface area contributed by atoms with E-state index in [0.717, 1.165) is 0 Å². The molecule has 0 amide bonds. The van der Waals surface area contributed by atoms with Crippen LogP contribution in [0.3, 0.4) is 0 Å². The molecule has 1 aliphatic rings. The van der Waals surface area contributed by atoms with E-state index < -0.39 is 0 Å². The molecule has 0 atom stereocenters. The standard InChI is InChI=1S/C8H12.CH3.Pd/c1-2-4-6-8-7-5-3-1;;/h1-2,7-8H,3-6H2;1H3;. The summed E-state index contributed by atoms with van der Waals surface area (Å²) in [6, 6.07) is 0. The molecule has 1 heteroatoms. The van der Waals surface area contributed by atoms with Gasteiger partial charge in [-0.2, -0.15) is 0 Å².